The van der Waals surface area contributed by atoms with Gasteiger partial charge in [-0.25, -0.2) is 4.98 Å². The van der Waals surface area contributed by atoms with Crippen LogP contribution in [0.15, 0.2) is 120 Å². The van der Waals surface area contributed by atoms with Gasteiger partial charge in [-0.1, -0.05) is 73.3 Å². The van der Waals surface area contributed by atoms with Gasteiger partial charge in [0, 0.05) is 42.8 Å². The largest absolute Gasteiger partial charge is 0.486 e. The Balaban J connectivity index is 0.000000214. The molecule has 7 nitrogen and oxygen atoms in total. The first-order valence-corrected chi connectivity index (χ1v) is 28.4. The SMILES string of the molecule is CC(C)(C)c1cc[c-]c(-c2cc[c]([Ge]([CH3])([CH3])[CH3])cn2)c1.Cc1cc2nc(-c3[c-]ccc4c3oc3nc(C)ncc34)n(-c3c(C(C)C)c4ccccc4c4ccccc34)c2cn1.[Ir]. The third-order valence-electron chi connectivity index (χ3n) is 11.5. The minimum absolute atomic E-state index is 0. The van der Waals surface area contributed by atoms with E-state index in [1.165, 1.54) is 31.7 Å². The van der Waals surface area contributed by atoms with Crippen LogP contribution in [0.3, 0.4) is 0 Å². The zero-order valence-electron chi connectivity index (χ0n) is 37.0. The molecule has 0 atom stereocenters. The van der Waals surface area contributed by atoms with Gasteiger partial charge < -0.3 is 8.98 Å². The molecule has 5 heterocycles. The summed E-state index contributed by atoms with van der Waals surface area (Å²) in [5.74, 6) is 8.84. The Labute approximate surface area is 379 Å². The monoisotopic (exact) mass is 1050 g/mol. The van der Waals surface area contributed by atoms with Gasteiger partial charge in [0.15, 0.2) is 0 Å². The molecular weight excluding hydrogens is 1000 g/mol. The van der Waals surface area contributed by atoms with Crippen molar-refractivity contribution in [3.8, 4) is 28.3 Å². The Morgan fingerprint density at radius 1 is 0.694 bits per heavy atom. The molecular formula is C53H50GeIrN6O-2. The van der Waals surface area contributed by atoms with Crippen molar-refractivity contribution in [2.75, 3.05) is 0 Å². The molecule has 0 amide bonds. The number of aryl methyl sites for hydroxylation is 2. The van der Waals surface area contributed by atoms with Crippen LogP contribution in [0.4, 0.5) is 0 Å². The summed E-state index contributed by atoms with van der Waals surface area (Å²) < 4.78 is 10.1. The molecule has 9 heteroatoms. The smallest absolute Gasteiger partial charge is 0.219 e. The van der Waals surface area contributed by atoms with Crippen molar-refractivity contribution in [1.29, 1.82) is 0 Å². The van der Waals surface area contributed by atoms with Crippen LogP contribution < -0.4 is 4.40 Å². The molecule has 0 N–H and O–H groups in total. The van der Waals surface area contributed by atoms with E-state index in [0.29, 0.717) is 17.1 Å². The second kappa shape index (κ2) is 16.6. The second-order valence-corrected chi connectivity index (χ2v) is 29.0. The minimum Gasteiger partial charge on any atom is -0.486 e. The minimum atomic E-state index is -1.76. The fraction of sp³-hybridized carbons (Fsp3) is 0.226. The number of rotatable bonds is 5. The third kappa shape index (κ3) is 7.89. The molecule has 10 aromatic rings. The van der Waals surface area contributed by atoms with Gasteiger partial charge in [-0.2, -0.15) is 4.98 Å². The van der Waals surface area contributed by atoms with Crippen molar-refractivity contribution in [1.82, 2.24) is 29.5 Å². The summed E-state index contributed by atoms with van der Waals surface area (Å²) in [6, 6.07) is 40.8. The van der Waals surface area contributed by atoms with E-state index in [9.17, 15) is 0 Å². The van der Waals surface area contributed by atoms with Crippen LogP contribution in [-0.2, 0) is 25.5 Å². The molecule has 0 fully saturated rings. The Hall–Kier alpha value is -5.54. The van der Waals surface area contributed by atoms with Crippen LogP contribution in [0.5, 0.6) is 0 Å². The fourth-order valence-electron chi connectivity index (χ4n) is 8.30. The maximum Gasteiger partial charge on any atom is 0.219 e. The van der Waals surface area contributed by atoms with Crippen molar-refractivity contribution in [2.45, 2.75) is 77.1 Å². The average molecular weight is 1050 g/mol. The molecule has 5 aromatic heterocycles. The van der Waals surface area contributed by atoms with Crippen LogP contribution in [-0.4, -0.2) is 42.8 Å². The Kier molecular flexibility index (Phi) is 11.6. The number of pyridine rings is 2. The second-order valence-electron chi connectivity index (χ2n) is 18.4. The number of imidazole rings is 1. The van der Waals surface area contributed by atoms with E-state index >= 15 is 0 Å². The van der Waals surface area contributed by atoms with E-state index in [4.69, 9.17) is 14.4 Å². The molecule has 0 saturated carbocycles. The molecule has 5 aromatic carbocycles. The van der Waals surface area contributed by atoms with Gasteiger partial charge in [0.25, 0.3) is 0 Å². The molecule has 0 aliphatic heterocycles. The summed E-state index contributed by atoms with van der Waals surface area (Å²) in [4.78, 5) is 23.6. The number of hydrogen-bond acceptors (Lipinski definition) is 6. The number of aromatic nitrogens is 6. The predicted molar refractivity (Wildman–Crippen MR) is 255 cm³/mol. The molecule has 1 radical (unpaired) electrons. The van der Waals surface area contributed by atoms with Crippen molar-refractivity contribution in [2.24, 2.45) is 0 Å². The molecule has 0 bridgehead atoms. The van der Waals surface area contributed by atoms with Crippen LogP contribution in [0.2, 0.25) is 17.3 Å². The number of benzene rings is 5. The topological polar surface area (TPSA) is 82.5 Å². The Morgan fingerprint density at radius 3 is 2.06 bits per heavy atom. The first-order chi connectivity index (χ1) is 29.2. The van der Waals surface area contributed by atoms with Gasteiger partial charge in [-0.05, 0) is 47.6 Å². The first kappa shape index (κ1) is 43.1. The third-order valence-corrected chi connectivity index (χ3v) is 15.8. The molecule has 10 rings (SSSR count). The fourth-order valence-corrected chi connectivity index (χ4v) is 10.5. The van der Waals surface area contributed by atoms with Gasteiger partial charge in [0.05, 0.1) is 34.3 Å². The molecule has 0 unspecified atom stereocenters. The molecule has 0 aliphatic carbocycles. The summed E-state index contributed by atoms with van der Waals surface area (Å²) in [5.41, 5.74) is 10.7. The summed E-state index contributed by atoms with van der Waals surface area (Å²) in [7, 11) is 0. The summed E-state index contributed by atoms with van der Waals surface area (Å²) >= 11 is -1.76. The average Bonchev–Trinajstić information content (AvgIpc) is 3.80. The van der Waals surface area contributed by atoms with Gasteiger partial charge >= 0.3 is 126 Å². The van der Waals surface area contributed by atoms with Crippen molar-refractivity contribution in [3.05, 3.63) is 150 Å². The van der Waals surface area contributed by atoms with E-state index in [1.807, 2.05) is 50.5 Å². The molecule has 62 heavy (non-hydrogen) atoms. The van der Waals surface area contributed by atoms with Gasteiger partial charge in [0.1, 0.15) is 5.82 Å². The van der Waals surface area contributed by atoms with E-state index < -0.39 is 13.3 Å². The summed E-state index contributed by atoms with van der Waals surface area (Å²) in [5, 5.41) is 6.66. The quantitative estimate of drug-likeness (QED) is 0.0970. The zero-order valence-corrected chi connectivity index (χ0v) is 41.5. The zero-order chi connectivity index (χ0) is 42.8. The van der Waals surface area contributed by atoms with Crippen molar-refractivity contribution >= 4 is 72.3 Å². The van der Waals surface area contributed by atoms with Crippen molar-refractivity contribution in [3.63, 3.8) is 0 Å². The number of fused-ring (bicyclic) bond motifs is 7. The standard InChI is InChI=1S/C35H26N5O.C18H24GeN.Ir/c1-19(2)31-24-12-7-5-10-22(24)23-11-6-8-13-25(23)32(31)40-30-18-36-20(3)16-29(30)39-34(40)27-15-9-14-26-28-17-37-21(4)38-35(28)41-33(26)27;1-18(2,3)15-9-7-8-14(12-15)17-11-10-16(13-20-17)19(4,5)6;/h5-14,16-19H,1-4H3;7,9-13H,1-6H3;/q2*-1;. The molecule has 0 saturated heterocycles. The van der Waals surface area contributed by atoms with Crippen LogP contribution in [0.1, 0.15) is 63.2 Å². The molecule has 313 valence electrons. The Bertz CT molecular complexity index is 3280. The van der Waals surface area contributed by atoms with E-state index in [1.54, 1.807) is 0 Å². The molecule has 0 spiro atoms. The van der Waals surface area contributed by atoms with Crippen LogP contribution in [0, 0.1) is 26.0 Å². The summed E-state index contributed by atoms with van der Waals surface area (Å²) in [6.45, 7) is 15.1. The Morgan fingerprint density at radius 2 is 1.39 bits per heavy atom. The first-order valence-electron chi connectivity index (χ1n) is 21.0. The van der Waals surface area contributed by atoms with Gasteiger partial charge in [-0.3, -0.25) is 9.97 Å². The number of furan rings is 1. The van der Waals surface area contributed by atoms with Crippen LogP contribution in [0.25, 0.3) is 83.0 Å². The number of nitrogens with zero attached hydrogens (tertiary/aromatic N) is 6. The molecule has 0 aliphatic rings. The van der Waals surface area contributed by atoms with Crippen LogP contribution >= 0.6 is 0 Å². The summed E-state index contributed by atoms with van der Waals surface area (Å²) in [6.07, 6.45) is 5.83. The van der Waals surface area contributed by atoms with Gasteiger partial charge in [-0.15, -0.1) is 18.2 Å². The van der Waals surface area contributed by atoms with E-state index in [0.717, 1.165) is 61.2 Å². The predicted octanol–water partition coefficient (Wildman–Crippen LogP) is 13.0. The van der Waals surface area contributed by atoms with Gasteiger partial charge in [0.2, 0.25) is 5.71 Å². The van der Waals surface area contributed by atoms with E-state index in [-0.39, 0.29) is 31.4 Å². The number of hydrogen-bond donors (Lipinski definition) is 0. The maximum absolute atomic E-state index is 6.41. The normalized spacial score (nSPS) is 12.0. The maximum atomic E-state index is 6.41. The van der Waals surface area contributed by atoms with Crippen molar-refractivity contribution < 1.29 is 24.5 Å². The van der Waals surface area contributed by atoms with E-state index in [2.05, 4.69) is 163 Å².